The Morgan fingerprint density at radius 2 is 2.10 bits per heavy atom. The Kier molecular flexibility index (Phi) is 3.49. The van der Waals surface area contributed by atoms with Crippen LogP contribution in [0.3, 0.4) is 0 Å². The summed E-state index contributed by atoms with van der Waals surface area (Å²) < 4.78 is 12.8. The van der Waals surface area contributed by atoms with Crippen molar-refractivity contribution in [2.75, 3.05) is 19.5 Å². The molecule has 3 rings (SSSR count). The van der Waals surface area contributed by atoms with E-state index in [0.29, 0.717) is 6.04 Å². The van der Waals surface area contributed by atoms with Crippen LogP contribution in [0.5, 0.6) is 11.5 Å². The van der Waals surface area contributed by atoms with E-state index in [9.17, 15) is 0 Å². The van der Waals surface area contributed by atoms with Gasteiger partial charge in [-0.15, -0.1) is 0 Å². The van der Waals surface area contributed by atoms with E-state index in [1.165, 1.54) is 11.1 Å². The molecule has 21 heavy (non-hydrogen) atoms. The van der Waals surface area contributed by atoms with Crippen molar-refractivity contribution in [3.05, 3.63) is 35.2 Å². The molecule has 1 atom stereocenters. The Bertz CT molecular complexity index is 664. The van der Waals surface area contributed by atoms with Gasteiger partial charge < -0.3 is 14.8 Å². The number of hydrogen-bond donors (Lipinski definition) is 1. The van der Waals surface area contributed by atoms with Crippen LogP contribution in [0.15, 0.2) is 18.3 Å². The minimum atomic E-state index is 0.294. The lowest BCUT2D eigenvalue weighted by Crippen LogP contribution is -2.08. The molecule has 1 N–H and O–H groups in total. The minimum Gasteiger partial charge on any atom is -0.493 e. The Balaban J connectivity index is 1.92. The number of nitrogens with one attached hydrogen (secondary N) is 1. The lowest BCUT2D eigenvalue weighted by molar-refractivity contribution is 0.352. The molecule has 1 unspecified atom stereocenters. The van der Waals surface area contributed by atoms with Crippen LogP contribution < -0.4 is 14.8 Å². The Hall–Kier alpha value is -2.17. The van der Waals surface area contributed by atoms with Gasteiger partial charge in [-0.2, -0.15) is 5.10 Å². The van der Waals surface area contributed by atoms with E-state index in [2.05, 4.69) is 23.4 Å². The lowest BCUT2D eigenvalue weighted by atomic mass is 10.1. The summed E-state index contributed by atoms with van der Waals surface area (Å²) in [5.41, 5.74) is 4.76. The number of aryl methyl sites for hydroxylation is 1. The van der Waals surface area contributed by atoms with Crippen molar-refractivity contribution in [1.82, 2.24) is 9.78 Å². The molecular weight excluding hydrogens is 266 g/mol. The highest BCUT2D eigenvalue weighted by Crippen LogP contribution is 2.43. The van der Waals surface area contributed by atoms with Gasteiger partial charge in [0.05, 0.1) is 37.8 Å². The van der Waals surface area contributed by atoms with Gasteiger partial charge in [0.25, 0.3) is 0 Å². The zero-order valence-electron chi connectivity index (χ0n) is 12.9. The second kappa shape index (κ2) is 5.31. The maximum Gasteiger partial charge on any atom is 0.164 e. The molecule has 1 aliphatic rings. The number of fused-ring (bicyclic) bond motifs is 1. The van der Waals surface area contributed by atoms with Crippen LogP contribution in [0.1, 0.15) is 29.3 Å². The smallest absolute Gasteiger partial charge is 0.164 e. The number of nitrogens with zero attached hydrogens (tertiary/aromatic N) is 2. The molecule has 0 aliphatic heterocycles. The second-order valence-corrected chi connectivity index (χ2v) is 5.37. The number of hydrogen-bond acceptors (Lipinski definition) is 4. The summed E-state index contributed by atoms with van der Waals surface area (Å²) >= 11 is 0. The molecule has 0 amide bonds. The van der Waals surface area contributed by atoms with E-state index >= 15 is 0 Å². The number of anilines is 1. The summed E-state index contributed by atoms with van der Waals surface area (Å²) in [6.07, 6.45) is 3.92. The number of aromatic nitrogens is 2. The van der Waals surface area contributed by atoms with Gasteiger partial charge in [-0.1, -0.05) is 6.07 Å². The molecule has 5 heteroatoms. The first-order valence-corrected chi connectivity index (χ1v) is 7.14. The predicted molar refractivity (Wildman–Crippen MR) is 82.2 cm³/mol. The van der Waals surface area contributed by atoms with E-state index in [1.54, 1.807) is 14.2 Å². The Morgan fingerprint density at radius 3 is 2.71 bits per heavy atom. The van der Waals surface area contributed by atoms with Crippen LogP contribution >= 0.6 is 0 Å². The van der Waals surface area contributed by atoms with E-state index in [0.717, 1.165) is 35.7 Å². The number of benzene rings is 1. The first-order valence-electron chi connectivity index (χ1n) is 7.14. The lowest BCUT2D eigenvalue weighted by Gasteiger charge is -2.17. The maximum absolute atomic E-state index is 5.54. The highest BCUT2D eigenvalue weighted by Gasteiger charge is 2.27. The molecule has 1 aromatic heterocycles. The molecule has 0 spiro atoms. The monoisotopic (exact) mass is 287 g/mol. The summed E-state index contributed by atoms with van der Waals surface area (Å²) in [5, 5.41) is 7.88. The predicted octanol–water partition coefficient (Wildman–Crippen LogP) is 2.85. The second-order valence-electron chi connectivity index (χ2n) is 5.37. The summed E-state index contributed by atoms with van der Waals surface area (Å²) in [7, 11) is 5.33. The molecule has 1 aromatic carbocycles. The van der Waals surface area contributed by atoms with Crippen molar-refractivity contribution in [2.24, 2.45) is 7.05 Å². The van der Waals surface area contributed by atoms with Crippen molar-refractivity contribution >= 4 is 5.69 Å². The van der Waals surface area contributed by atoms with Gasteiger partial charge in [0.15, 0.2) is 11.5 Å². The SMILES string of the molecule is COc1ccc2c(c1OC)CCC2Nc1cnn(C)c1C. The standard InChI is InChI=1S/C16H21N3O2/c1-10-14(9-17-19(10)2)18-13-7-5-12-11(13)6-8-15(20-3)16(12)21-4/h6,8-9,13,18H,5,7H2,1-4H3. The van der Waals surface area contributed by atoms with Gasteiger partial charge in [0.1, 0.15) is 0 Å². The van der Waals surface area contributed by atoms with Crippen LogP contribution in [0.25, 0.3) is 0 Å². The summed E-state index contributed by atoms with van der Waals surface area (Å²) in [6.45, 7) is 2.07. The average molecular weight is 287 g/mol. The van der Waals surface area contributed by atoms with Gasteiger partial charge in [-0.05, 0) is 31.4 Å². The molecule has 0 saturated carbocycles. The van der Waals surface area contributed by atoms with Crippen molar-refractivity contribution in [3.63, 3.8) is 0 Å². The molecule has 5 nitrogen and oxygen atoms in total. The van der Waals surface area contributed by atoms with E-state index in [-0.39, 0.29) is 0 Å². The molecule has 0 saturated heterocycles. The van der Waals surface area contributed by atoms with Gasteiger partial charge >= 0.3 is 0 Å². The van der Waals surface area contributed by atoms with E-state index < -0.39 is 0 Å². The first kappa shape index (κ1) is 13.8. The third-order valence-electron chi connectivity index (χ3n) is 4.31. The molecular formula is C16H21N3O2. The quantitative estimate of drug-likeness (QED) is 0.939. The zero-order valence-corrected chi connectivity index (χ0v) is 12.9. The van der Waals surface area contributed by atoms with Gasteiger partial charge in [0, 0.05) is 12.6 Å². The molecule has 1 heterocycles. The zero-order chi connectivity index (χ0) is 15.0. The van der Waals surface area contributed by atoms with Crippen molar-refractivity contribution < 1.29 is 9.47 Å². The fourth-order valence-corrected chi connectivity index (χ4v) is 3.01. The van der Waals surface area contributed by atoms with Crippen molar-refractivity contribution in [2.45, 2.75) is 25.8 Å². The summed E-state index contributed by atoms with van der Waals surface area (Å²) in [4.78, 5) is 0. The maximum atomic E-state index is 5.54. The van der Waals surface area contributed by atoms with E-state index in [1.807, 2.05) is 24.0 Å². The van der Waals surface area contributed by atoms with Crippen molar-refractivity contribution in [1.29, 1.82) is 0 Å². The number of methoxy groups -OCH3 is 2. The van der Waals surface area contributed by atoms with Crippen LogP contribution in [0, 0.1) is 6.92 Å². The van der Waals surface area contributed by atoms with Crippen LogP contribution in [0.2, 0.25) is 0 Å². The molecule has 0 radical (unpaired) electrons. The third kappa shape index (κ3) is 2.22. The van der Waals surface area contributed by atoms with Gasteiger partial charge in [0.2, 0.25) is 0 Å². The van der Waals surface area contributed by atoms with Crippen LogP contribution in [-0.2, 0) is 13.5 Å². The van der Waals surface area contributed by atoms with Crippen LogP contribution in [0.4, 0.5) is 5.69 Å². The third-order valence-corrected chi connectivity index (χ3v) is 4.31. The normalized spacial score (nSPS) is 16.7. The topological polar surface area (TPSA) is 48.3 Å². The van der Waals surface area contributed by atoms with Gasteiger partial charge in [-0.3, -0.25) is 4.68 Å². The minimum absolute atomic E-state index is 0.294. The van der Waals surface area contributed by atoms with Crippen LogP contribution in [-0.4, -0.2) is 24.0 Å². The average Bonchev–Trinajstić information content (AvgIpc) is 3.05. The first-order chi connectivity index (χ1) is 10.2. The fraction of sp³-hybridized carbons (Fsp3) is 0.438. The fourth-order valence-electron chi connectivity index (χ4n) is 3.01. The number of ether oxygens (including phenoxy) is 2. The summed E-state index contributed by atoms with van der Waals surface area (Å²) in [6, 6.07) is 4.41. The molecule has 0 fully saturated rings. The highest BCUT2D eigenvalue weighted by molar-refractivity contribution is 5.57. The highest BCUT2D eigenvalue weighted by atomic mass is 16.5. The molecule has 2 aromatic rings. The Labute approximate surface area is 124 Å². The number of rotatable bonds is 4. The van der Waals surface area contributed by atoms with E-state index in [4.69, 9.17) is 9.47 Å². The summed E-state index contributed by atoms with van der Waals surface area (Å²) in [5.74, 6) is 1.66. The molecule has 0 bridgehead atoms. The molecule has 112 valence electrons. The van der Waals surface area contributed by atoms with Crippen molar-refractivity contribution in [3.8, 4) is 11.5 Å². The Morgan fingerprint density at radius 1 is 1.29 bits per heavy atom. The largest absolute Gasteiger partial charge is 0.493 e. The van der Waals surface area contributed by atoms with Gasteiger partial charge in [-0.25, -0.2) is 0 Å². The molecule has 1 aliphatic carbocycles.